The van der Waals surface area contributed by atoms with Gasteiger partial charge in [-0.25, -0.2) is 9.78 Å². The molecule has 0 saturated carbocycles. The summed E-state index contributed by atoms with van der Waals surface area (Å²) in [5.74, 6) is -1.91. The standard InChI is InChI=1S/C15H18N2O5/c1-5-21-9-10(2)11(3)17-22-14-12(7-6-8-16-14)13(18)15(19)20-4/h6-9H,5H2,1-4H3/b10-9+,17-11-. The van der Waals surface area contributed by atoms with Gasteiger partial charge >= 0.3 is 5.97 Å². The number of rotatable bonds is 7. The number of ether oxygens (including phenoxy) is 2. The summed E-state index contributed by atoms with van der Waals surface area (Å²) in [6, 6.07) is 2.93. The van der Waals surface area contributed by atoms with Gasteiger partial charge in [-0.1, -0.05) is 5.16 Å². The molecule has 118 valence electrons. The number of hydrogen-bond donors (Lipinski definition) is 0. The Morgan fingerprint density at radius 3 is 2.73 bits per heavy atom. The smallest absolute Gasteiger partial charge is 0.379 e. The molecule has 1 heterocycles. The van der Waals surface area contributed by atoms with Crippen molar-refractivity contribution in [2.75, 3.05) is 13.7 Å². The second-order valence-corrected chi connectivity index (χ2v) is 4.20. The van der Waals surface area contributed by atoms with Crippen molar-refractivity contribution in [3.05, 3.63) is 35.7 Å². The van der Waals surface area contributed by atoms with Crippen molar-refractivity contribution >= 4 is 17.5 Å². The third-order valence-electron chi connectivity index (χ3n) is 2.65. The number of esters is 1. The molecular formula is C15H18N2O5. The molecule has 0 unspecified atom stereocenters. The quantitative estimate of drug-likeness (QED) is 0.191. The maximum absolute atomic E-state index is 11.8. The second kappa shape index (κ2) is 8.56. The van der Waals surface area contributed by atoms with Crippen LogP contribution in [-0.2, 0) is 14.3 Å². The number of nitrogens with zero attached hydrogens (tertiary/aromatic N) is 2. The molecule has 0 amide bonds. The summed E-state index contributed by atoms with van der Waals surface area (Å²) >= 11 is 0. The fourth-order valence-electron chi connectivity index (χ4n) is 1.32. The Bertz CT molecular complexity index is 608. The number of carbonyl (C=O) groups excluding carboxylic acids is 2. The fraction of sp³-hybridized carbons (Fsp3) is 0.333. The van der Waals surface area contributed by atoms with E-state index in [-0.39, 0.29) is 11.4 Å². The minimum Gasteiger partial charge on any atom is -0.501 e. The highest BCUT2D eigenvalue weighted by molar-refractivity contribution is 6.41. The van der Waals surface area contributed by atoms with Gasteiger partial charge in [0.05, 0.1) is 31.3 Å². The number of oxime groups is 1. The summed E-state index contributed by atoms with van der Waals surface area (Å²) in [6.45, 7) is 5.93. The topological polar surface area (TPSA) is 87.1 Å². The molecule has 0 aliphatic heterocycles. The van der Waals surface area contributed by atoms with Crippen LogP contribution in [0.1, 0.15) is 31.1 Å². The Morgan fingerprint density at radius 1 is 1.36 bits per heavy atom. The first-order valence-corrected chi connectivity index (χ1v) is 6.59. The van der Waals surface area contributed by atoms with Crippen LogP contribution in [0.3, 0.4) is 0 Å². The van der Waals surface area contributed by atoms with Crippen molar-refractivity contribution in [3.63, 3.8) is 0 Å². The molecule has 0 N–H and O–H groups in total. The van der Waals surface area contributed by atoms with Crippen molar-refractivity contribution < 1.29 is 23.9 Å². The maximum atomic E-state index is 11.8. The zero-order valence-electron chi connectivity index (χ0n) is 13.0. The molecule has 0 fully saturated rings. The van der Waals surface area contributed by atoms with Crippen molar-refractivity contribution in [2.45, 2.75) is 20.8 Å². The van der Waals surface area contributed by atoms with Crippen molar-refractivity contribution in [1.82, 2.24) is 4.98 Å². The van der Waals surface area contributed by atoms with E-state index < -0.39 is 11.8 Å². The molecule has 0 spiro atoms. The van der Waals surface area contributed by atoms with E-state index in [0.29, 0.717) is 12.3 Å². The van der Waals surface area contributed by atoms with Crippen LogP contribution in [0, 0.1) is 0 Å². The summed E-state index contributed by atoms with van der Waals surface area (Å²) in [4.78, 5) is 32.2. The van der Waals surface area contributed by atoms with Gasteiger partial charge < -0.3 is 14.3 Å². The lowest BCUT2D eigenvalue weighted by atomic mass is 10.2. The molecule has 0 atom stereocenters. The highest BCUT2D eigenvalue weighted by atomic mass is 16.6. The lowest BCUT2D eigenvalue weighted by molar-refractivity contribution is -0.135. The lowest BCUT2D eigenvalue weighted by Gasteiger charge is -2.05. The summed E-state index contributed by atoms with van der Waals surface area (Å²) < 4.78 is 9.54. The van der Waals surface area contributed by atoms with Crippen LogP contribution < -0.4 is 4.84 Å². The van der Waals surface area contributed by atoms with E-state index in [1.807, 2.05) is 6.92 Å². The summed E-state index contributed by atoms with van der Waals surface area (Å²) in [7, 11) is 1.13. The van der Waals surface area contributed by atoms with Crippen LogP contribution in [0.5, 0.6) is 5.88 Å². The van der Waals surface area contributed by atoms with Crippen molar-refractivity contribution in [1.29, 1.82) is 0 Å². The maximum Gasteiger partial charge on any atom is 0.379 e. The Morgan fingerprint density at radius 2 is 2.09 bits per heavy atom. The first-order chi connectivity index (χ1) is 10.5. The van der Waals surface area contributed by atoms with Gasteiger partial charge in [-0.2, -0.15) is 0 Å². The first kappa shape index (κ1) is 17.4. The molecule has 0 bridgehead atoms. The Hall–Kier alpha value is -2.70. The van der Waals surface area contributed by atoms with Crippen LogP contribution in [0.15, 0.2) is 35.3 Å². The van der Waals surface area contributed by atoms with E-state index in [1.54, 1.807) is 20.1 Å². The van der Waals surface area contributed by atoms with Crippen LogP contribution in [0.25, 0.3) is 0 Å². The summed E-state index contributed by atoms with van der Waals surface area (Å²) in [5.41, 5.74) is 1.30. The highest BCUT2D eigenvalue weighted by Crippen LogP contribution is 2.16. The Kier molecular flexibility index (Phi) is 6.75. The fourth-order valence-corrected chi connectivity index (χ4v) is 1.32. The number of methoxy groups -OCH3 is 1. The van der Waals surface area contributed by atoms with E-state index in [1.165, 1.54) is 18.3 Å². The predicted octanol–water partition coefficient (Wildman–Crippen LogP) is 2.13. The Labute approximate surface area is 128 Å². The number of Topliss-reactive ketones (excluding diaryl/α,β-unsaturated/α-hetero) is 1. The first-order valence-electron chi connectivity index (χ1n) is 6.59. The van der Waals surface area contributed by atoms with Crippen LogP contribution in [0.2, 0.25) is 0 Å². The molecule has 0 radical (unpaired) electrons. The van der Waals surface area contributed by atoms with Gasteiger partial charge in [-0.15, -0.1) is 0 Å². The monoisotopic (exact) mass is 306 g/mol. The minimum atomic E-state index is -0.994. The average Bonchev–Trinajstić information content (AvgIpc) is 2.56. The van der Waals surface area contributed by atoms with Crippen molar-refractivity contribution in [3.8, 4) is 5.88 Å². The molecule has 0 saturated heterocycles. The number of hydrogen-bond acceptors (Lipinski definition) is 7. The summed E-state index contributed by atoms with van der Waals surface area (Å²) in [6.07, 6.45) is 2.98. The average molecular weight is 306 g/mol. The van der Waals surface area contributed by atoms with E-state index in [2.05, 4.69) is 14.9 Å². The zero-order valence-corrected chi connectivity index (χ0v) is 13.0. The van der Waals surface area contributed by atoms with E-state index in [0.717, 1.165) is 12.7 Å². The van der Waals surface area contributed by atoms with Gasteiger partial charge in [-0.05, 0) is 32.9 Å². The van der Waals surface area contributed by atoms with Gasteiger partial charge in [-0.3, -0.25) is 4.79 Å². The third-order valence-corrected chi connectivity index (χ3v) is 2.65. The molecule has 0 aliphatic carbocycles. The number of carbonyl (C=O) groups is 2. The van der Waals surface area contributed by atoms with Crippen LogP contribution in [0.4, 0.5) is 0 Å². The summed E-state index contributed by atoms with van der Waals surface area (Å²) in [5, 5.41) is 3.88. The predicted molar refractivity (Wildman–Crippen MR) is 79.7 cm³/mol. The number of ketones is 1. The third kappa shape index (κ3) is 4.69. The normalized spacial score (nSPS) is 11.8. The highest BCUT2D eigenvalue weighted by Gasteiger charge is 2.22. The Balaban J connectivity index is 2.95. The minimum absolute atomic E-state index is 0.0164. The molecular weight excluding hydrogens is 288 g/mol. The van der Waals surface area contributed by atoms with Gasteiger partial charge in [0.25, 0.3) is 11.7 Å². The zero-order chi connectivity index (χ0) is 16.5. The van der Waals surface area contributed by atoms with Gasteiger partial charge in [0.15, 0.2) is 0 Å². The molecule has 1 aromatic rings. The SMILES string of the molecule is CCO/C=C(C)/C(C)=N\Oc1ncccc1C(=O)C(=O)OC. The van der Waals surface area contributed by atoms with Crippen LogP contribution in [-0.4, -0.2) is 36.2 Å². The molecule has 22 heavy (non-hydrogen) atoms. The van der Waals surface area contributed by atoms with E-state index in [9.17, 15) is 9.59 Å². The van der Waals surface area contributed by atoms with Gasteiger partial charge in [0.2, 0.25) is 0 Å². The van der Waals surface area contributed by atoms with Crippen LogP contribution >= 0.6 is 0 Å². The van der Waals surface area contributed by atoms with E-state index >= 15 is 0 Å². The van der Waals surface area contributed by atoms with Crippen molar-refractivity contribution in [2.24, 2.45) is 5.16 Å². The molecule has 7 nitrogen and oxygen atoms in total. The molecule has 7 heteroatoms. The number of pyridine rings is 1. The molecule has 1 aromatic heterocycles. The second-order valence-electron chi connectivity index (χ2n) is 4.20. The van der Waals surface area contributed by atoms with Gasteiger partial charge in [0, 0.05) is 11.8 Å². The lowest BCUT2D eigenvalue weighted by Crippen LogP contribution is -2.17. The molecule has 0 aromatic carbocycles. The number of aromatic nitrogens is 1. The largest absolute Gasteiger partial charge is 0.501 e. The van der Waals surface area contributed by atoms with Gasteiger partial charge in [0.1, 0.15) is 0 Å². The molecule has 0 aliphatic rings. The number of allylic oxidation sites excluding steroid dienone is 1. The molecule has 1 rings (SSSR count). The van der Waals surface area contributed by atoms with E-state index in [4.69, 9.17) is 9.57 Å².